The third-order valence-electron chi connectivity index (χ3n) is 6.38. The highest BCUT2D eigenvalue weighted by molar-refractivity contribution is 5.77. The smallest absolute Gasteiger partial charge is 0.332 e. The number of imidazole rings is 1. The number of nitrogens with zero attached hydrogens (tertiary/aromatic N) is 6. The van der Waals surface area contributed by atoms with E-state index in [1.54, 1.807) is 23.6 Å². The third-order valence-corrected chi connectivity index (χ3v) is 6.38. The summed E-state index contributed by atoms with van der Waals surface area (Å²) in [6.45, 7) is 3.93. The van der Waals surface area contributed by atoms with Crippen LogP contribution in [0.4, 0.5) is 0 Å². The van der Waals surface area contributed by atoms with Crippen LogP contribution < -0.4 is 16.0 Å². The van der Waals surface area contributed by atoms with Gasteiger partial charge in [0.2, 0.25) is 5.91 Å². The number of hydrogen-bond donors (Lipinski definition) is 0. The molecule has 0 N–H and O–H groups in total. The summed E-state index contributed by atoms with van der Waals surface area (Å²) in [6, 6.07) is 6.34. The van der Waals surface area contributed by atoms with Gasteiger partial charge in [0.05, 0.1) is 12.9 Å². The van der Waals surface area contributed by atoms with E-state index in [4.69, 9.17) is 4.74 Å². The van der Waals surface area contributed by atoms with Crippen LogP contribution in [0.25, 0.3) is 11.2 Å². The van der Waals surface area contributed by atoms with Crippen molar-refractivity contribution < 1.29 is 9.53 Å². The van der Waals surface area contributed by atoms with Gasteiger partial charge in [-0.2, -0.15) is 0 Å². The van der Waals surface area contributed by atoms with Crippen LogP contribution in [0.15, 0.2) is 34.1 Å². The molecular weight excluding hydrogens is 412 g/mol. The van der Waals surface area contributed by atoms with Crippen LogP contribution in [-0.2, 0) is 38.4 Å². The van der Waals surface area contributed by atoms with E-state index in [0.717, 1.165) is 43.0 Å². The van der Waals surface area contributed by atoms with Crippen LogP contribution in [0.5, 0.6) is 5.75 Å². The van der Waals surface area contributed by atoms with Crippen molar-refractivity contribution >= 4 is 17.1 Å². The molecule has 10 heteroatoms. The fourth-order valence-corrected chi connectivity index (χ4v) is 4.52. The van der Waals surface area contributed by atoms with Gasteiger partial charge >= 0.3 is 5.69 Å². The average molecular weight is 438 g/mol. The second-order valence-corrected chi connectivity index (χ2v) is 8.46. The number of carbonyl (C=O) groups is 1. The molecule has 1 fully saturated rings. The van der Waals surface area contributed by atoms with Gasteiger partial charge in [0.1, 0.15) is 12.3 Å². The number of aryl methyl sites for hydroxylation is 2. The molecule has 32 heavy (non-hydrogen) atoms. The molecule has 5 rings (SSSR count). The molecule has 2 aliphatic heterocycles. The van der Waals surface area contributed by atoms with Gasteiger partial charge in [-0.1, -0.05) is 12.1 Å². The van der Waals surface area contributed by atoms with Crippen LogP contribution in [-0.4, -0.2) is 67.2 Å². The number of rotatable bonds is 4. The van der Waals surface area contributed by atoms with Gasteiger partial charge < -0.3 is 14.2 Å². The van der Waals surface area contributed by atoms with Crippen molar-refractivity contribution in [2.75, 3.05) is 32.8 Å². The zero-order chi connectivity index (χ0) is 22.4. The first-order valence-electron chi connectivity index (χ1n) is 10.8. The fraction of sp³-hybridized carbons (Fsp3) is 0.455. The van der Waals surface area contributed by atoms with Crippen LogP contribution in [0.3, 0.4) is 0 Å². The summed E-state index contributed by atoms with van der Waals surface area (Å²) in [4.78, 5) is 46.6. The number of carbonyl (C=O) groups excluding carboxylic acids is 1. The molecule has 168 valence electrons. The van der Waals surface area contributed by atoms with Crippen LogP contribution >= 0.6 is 0 Å². The van der Waals surface area contributed by atoms with Crippen molar-refractivity contribution in [1.82, 2.24) is 28.5 Å². The van der Waals surface area contributed by atoms with E-state index in [9.17, 15) is 14.4 Å². The molecule has 3 aromatic rings. The zero-order valence-electron chi connectivity index (χ0n) is 18.3. The maximum atomic E-state index is 12.9. The topological polar surface area (TPSA) is 94.6 Å². The molecule has 1 saturated heterocycles. The molecule has 1 amide bonds. The van der Waals surface area contributed by atoms with Crippen molar-refractivity contribution in [3.63, 3.8) is 0 Å². The maximum absolute atomic E-state index is 12.9. The number of amides is 1. The highest BCUT2D eigenvalue weighted by atomic mass is 16.5. The Labute approximate surface area is 184 Å². The average Bonchev–Trinajstić information content (AvgIpc) is 3.42. The number of benzene rings is 1. The first-order chi connectivity index (χ1) is 15.4. The Balaban J connectivity index is 1.25. The van der Waals surface area contributed by atoms with Gasteiger partial charge in [-0.15, -0.1) is 0 Å². The molecule has 0 unspecified atom stereocenters. The normalized spacial score (nSPS) is 16.4. The molecule has 0 radical (unpaired) electrons. The Bertz CT molecular complexity index is 1310. The third kappa shape index (κ3) is 3.50. The first-order valence-corrected chi connectivity index (χ1v) is 10.8. The highest BCUT2D eigenvalue weighted by Crippen LogP contribution is 2.26. The van der Waals surface area contributed by atoms with E-state index in [-0.39, 0.29) is 12.5 Å². The number of fused-ring (bicyclic) bond motifs is 2. The molecule has 0 atom stereocenters. The van der Waals surface area contributed by atoms with E-state index in [1.807, 2.05) is 6.07 Å². The van der Waals surface area contributed by atoms with Crippen LogP contribution in [0, 0.1) is 0 Å². The number of ether oxygens (including phenoxy) is 1. The number of aromatic nitrogens is 4. The van der Waals surface area contributed by atoms with Gasteiger partial charge in [0, 0.05) is 53.2 Å². The lowest BCUT2D eigenvalue weighted by molar-refractivity contribution is -0.133. The molecule has 2 aliphatic rings. The van der Waals surface area contributed by atoms with Gasteiger partial charge in [0.25, 0.3) is 5.56 Å². The minimum absolute atomic E-state index is 0.222. The van der Waals surface area contributed by atoms with Crippen molar-refractivity contribution in [3.05, 3.63) is 56.5 Å². The lowest BCUT2D eigenvalue weighted by Crippen LogP contribution is -2.51. The van der Waals surface area contributed by atoms with E-state index < -0.39 is 11.2 Å². The first kappa shape index (κ1) is 20.5. The Morgan fingerprint density at radius 2 is 1.91 bits per heavy atom. The molecule has 2 aromatic heterocycles. The second-order valence-electron chi connectivity index (χ2n) is 8.46. The Kier molecular flexibility index (Phi) is 5.09. The molecule has 1 aromatic carbocycles. The summed E-state index contributed by atoms with van der Waals surface area (Å²) in [6.07, 6.45) is 2.44. The predicted octanol–water partition coefficient (Wildman–Crippen LogP) is -0.287. The largest absolute Gasteiger partial charge is 0.493 e. The summed E-state index contributed by atoms with van der Waals surface area (Å²) in [5, 5.41) is 0. The second kappa shape index (κ2) is 7.94. The van der Waals surface area contributed by atoms with Crippen molar-refractivity contribution in [1.29, 1.82) is 0 Å². The Hall–Kier alpha value is -3.40. The molecule has 10 nitrogen and oxygen atoms in total. The molecule has 0 aliphatic carbocycles. The standard InChI is InChI=1S/C22H26N6O4/c1-24-14-23-20-19(24)21(30)28(22(31)25(20)2)13-18(29)27-8-6-26(7-9-27)12-15-3-4-17-16(11-15)5-10-32-17/h3-4,11,14H,5-10,12-13H2,1-2H3. The fourth-order valence-electron chi connectivity index (χ4n) is 4.52. The summed E-state index contributed by atoms with van der Waals surface area (Å²) in [5.74, 6) is 0.759. The highest BCUT2D eigenvalue weighted by Gasteiger charge is 2.24. The molecule has 0 spiro atoms. The van der Waals surface area contributed by atoms with Gasteiger partial charge in [-0.3, -0.25) is 19.1 Å². The number of hydrogen-bond acceptors (Lipinski definition) is 6. The zero-order valence-corrected chi connectivity index (χ0v) is 18.3. The molecule has 0 saturated carbocycles. The minimum atomic E-state index is -0.534. The van der Waals surface area contributed by atoms with E-state index >= 15 is 0 Å². The lowest BCUT2D eigenvalue weighted by Gasteiger charge is -2.34. The maximum Gasteiger partial charge on any atom is 0.332 e. The Morgan fingerprint density at radius 3 is 2.69 bits per heavy atom. The van der Waals surface area contributed by atoms with E-state index in [2.05, 4.69) is 22.0 Å². The summed E-state index contributed by atoms with van der Waals surface area (Å²) in [7, 11) is 3.25. The van der Waals surface area contributed by atoms with Gasteiger partial charge in [-0.25, -0.2) is 14.3 Å². The van der Waals surface area contributed by atoms with E-state index in [1.165, 1.54) is 22.0 Å². The number of piperazine rings is 1. The minimum Gasteiger partial charge on any atom is -0.493 e. The molecular formula is C22H26N6O4. The van der Waals surface area contributed by atoms with Crippen LogP contribution in [0.1, 0.15) is 11.1 Å². The summed E-state index contributed by atoms with van der Waals surface area (Å²) >= 11 is 0. The van der Waals surface area contributed by atoms with Crippen molar-refractivity contribution in [2.24, 2.45) is 14.1 Å². The summed E-state index contributed by atoms with van der Waals surface area (Å²) < 4.78 is 9.46. The SMILES string of the molecule is Cn1cnc2c1c(=O)n(CC(=O)N1CCN(Cc3ccc4c(c3)CCO4)CC1)c(=O)n2C. The summed E-state index contributed by atoms with van der Waals surface area (Å²) in [5.41, 5.74) is 2.11. The quantitative estimate of drug-likeness (QED) is 0.556. The molecule has 4 heterocycles. The predicted molar refractivity (Wildman–Crippen MR) is 118 cm³/mol. The van der Waals surface area contributed by atoms with Gasteiger partial charge in [0.15, 0.2) is 11.2 Å². The Morgan fingerprint density at radius 1 is 1.12 bits per heavy atom. The monoisotopic (exact) mass is 438 g/mol. The van der Waals surface area contributed by atoms with Gasteiger partial charge in [-0.05, 0) is 17.2 Å². The van der Waals surface area contributed by atoms with Crippen LogP contribution in [0.2, 0.25) is 0 Å². The van der Waals surface area contributed by atoms with Crippen molar-refractivity contribution in [3.8, 4) is 5.75 Å². The molecule has 0 bridgehead atoms. The lowest BCUT2D eigenvalue weighted by atomic mass is 10.1. The van der Waals surface area contributed by atoms with E-state index in [0.29, 0.717) is 24.3 Å². The van der Waals surface area contributed by atoms with Crippen molar-refractivity contribution in [2.45, 2.75) is 19.5 Å².